The maximum Gasteiger partial charge on any atom is 0.253 e. The van der Waals surface area contributed by atoms with E-state index in [1.807, 2.05) is 30.3 Å². The summed E-state index contributed by atoms with van der Waals surface area (Å²) in [5, 5.41) is 10.6. The molecule has 1 aliphatic heterocycles. The van der Waals surface area contributed by atoms with Gasteiger partial charge in [-0.2, -0.15) is 0 Å². The van der Waals surface area contributed by atoms with Gasteiger partial charge in [-0.15, -0.1) is 0 Å². The van der Waals surface area contributed by atoms with Gasteiger partial charge in [-0.25, -0.2) is 4.39 Å². The SMILES string of the molecule is O=C(c1cccc(F)c1)N1CCC(O)(COc2ccccc2)CC1. The van der Waals surface area contributed by atoms with Crippen LogP contribution in [0.15, 0.2) is 54.6 Å². The van der Waals surface area contributed by atoms with Gasteiger partial charge in [0.15, 0.2) is 0 Å². The smallest absolute Gasteiger partial charge is 0.253 e. The van der Waals surface area contributed by atoms with E-state index in [1.54, 1.807) is 11.0 Å². The number of carbonyl (C=O) groups is 1. The molecule has 5 heteroatoms. The fourth-order valence-electron chi connectivity index (χ4n) is 2.81. The fourth-order valence-corrected chi connectivity index (χ4v) is 2.81. The molecule has 0 unspecified atom stereocenters. The Bertz CT molecular complexity index is 697. The molecule has 0 bridgehead atoms. The Morgan fingerprint density at radius 3 is 2.50 bits per heavy atom. The summed E-state index contributed by atoms with van der Waals surface area (Å²) in [7, 11) is 0. The largest absolute Gasteiger partial charge is 0.491 e. The minimum absolute atomic E-state index is 0.193. The highest BCUT2D eigenvalue weighted by molar-refractivity contribution is 5.94. The highest BCUT2D eigenvalue weighted by Crippen LogP contribution is 2.25. The second-order valence-corrected chi connectivity index (χ2v) is 6.13. The summed E-state index contributed by atoms with van der Waals surface area (Å²) in [6.45, 7) is 1.03. The maximum atomic E-state index is 13.3. The van der Waals surface area contributed by atoms with Gasteiger partial charge < -0.3 is 14.7 Å². The maximum absolute atomic E-state index is 13.3. The molecule has 4 nitrogen and oxygen atoms in total. The number of ether oxygens (including phenoxy) is 1. The van der Waals surface area contributed by atoms with Gasteiger partial charge in [-0.05, 0) is 43.2 Å². The molecule has 0 spiro atoms. The summed E-state index contributed by atoms with van der Waals surface area (Å²) in [6.07, 6.45) is 0.863. The Kier molecular flexibility index (Phi) is 4.81. The molecular formula is C19H20FNO3. The van der Waals surface area contributed by atoms with Crippen molar-refractivity contribution in [3.8, 4) is 5.75 Å². The Balaban J connectivity index is 1.55. The zero-order chi connectivity index (χ0) is 17.0. The molecule has 2 aromatic rings. The van der Waals surface area contributed by atoms with Crippen LogP contribution in [-0.2, 0) is 0 Å². The van der Waals surface area contributed by atoms with Gasteiger partial charge in [0.05, 0.1) is 0 Å². The van der Waals surface area contributed by atoms with E-state index in [1.165, 1.54) is 18.2 Å². The number of hydrogen-bond donors (Lipinski definition) is 1. The number of halogens is 1. The lowest BCUT2D eigenvalue weighted by atomic mass is 9.92. The standard InChI is InChI=1S/C19H20FNO3/c20-16-6-4-5-15(13-16)18(22)21-11-9-19(23,10-12-21)14-24-17-7-2-1-3-8-17/h1-8,13,23H,9-12,14H2. The quantitative estimate of drug-likeness (QED) is 0.938. The van der Waals surface area contributed by atoms with Gasteiger partial charge in [0.2, 0.25) is 0 Å². The number of aliphatic hydroxyl groups is 1. The third-order valence-electron chi connectivity index (χ3n) is 4.30. The number of nitrogens with zero attached hydrogens (tertiary/aromatic N) is 1. The molecule has 3 rings (SSSR count). The molecule has 1 fully saturated rings. The lowest BCUT2D eigenvalue weighted by Crippen LogP contribution is -2.49. The van der Waals surface area contributed by atoms with Gasteiger partial charge in [-0.3, -0.25) is 4.79 Å². The molecule has 0 atom stereocenters. The number of likely N-dealkylation sites (tertiary alicyclic amines) is 1. The Hall–Kier alpha value is -2.40. The Morgan fingerprint density at radius 2 is 1.83 bits per heavy atom. The van der Waals surface area contributed by atoms with E-state index in [0.717, 1.165) is 0 Å². The average Bonchev–Trinajstić information content (AvgIpc) is 2.61. The van der Waals surface area contributed by atoms with Crippen molar-refractivity contribution in [2.45, 2.75) is 18.4 Å². The zero-order valence-corrected chi connectivity index (χ0v) is 13.3. The number of para-hydroxylation sites is 1. The molecule has 24 heavy (non-hydrogen) atoms. The number of rotatable bonds is 4. The van der Waals surface area contributed by atoms with Crippen molar-refractivity contribution in [3.63, 3.8) is 0 Å². The molecule has 0 aliphatic carbocycles. The van der Waals surface area contributed by atoms with E-state index in [4.69, 9.17) is 4.74 Å². The van der Waals surface area contributed by atoms with Crippen molar-refractivity contribution in [3.05, 3.63) is 66.0 Å². The summed E-state index contributed by atoms with van der Waals surface area (Å²) < 4.78 is 18.9. The first kappa shape index (κ1) is 16.5. The highest BCUT2D eigenvalue weighted by atomic mass is 19.1. The first-order valence-corrected chi connectivity index (χ1v) is 8.01. The van der Waals surface area contributed by atoms with Crippen LogP contribution in [0.1, 0.15) is 23.2 Å². The number of benzene rings is 2. The van der Waals surface area contributed by atoms with Crippen LogP contribution in [0.25, 0.3) is 0 Å². The summed E-state index contributed by atoms with van der Waals surface area (Å²) in [5.41, 5.74) is -0.616. The zero-order valence-electron chi connectivity index (χ0n) is 13.3. The first-order valence-electron chi connectivity index (χ1n) is 8.01. The average molecular weight is 329 g/mol. The summed E-state index contributed by atoms with van der Waals surface area (Å²) in [6, 6.07) is 15.0. The van der Waals surface area contributed by atoms with Crippen LogP contribution in [0, 0.1) is 5.82 Å². The lowest BCUT2D eigenvalue weighted by molar-refractivity contribution is -0.0475. The molecule has 126 valence electrons. The van der Waals surface area contributed by atoms with E-state index >= 15 is 0 Å². The van der Waals surface area contributed by atoms with Crippen LogP contribution in [0.2, 0.25) is 0 Å². The Labute approximate surface area is 140 Å². The molecule has 0 aromatic heterocycles. The van der Waals surface area contributed by atoms with Gasteiger partial charge in [0.1, 0.15) is 23.8 Å². The molecule has 0 saturated carbocycles. The number of carbonyl (C=O) groups excluding carboxylic acids is 1. The summed E-state index contributed by atoms with van der Waals surface area (Å²) in [5.74, 6) is 0.0790. The van der Waals surface area contributed by atoms with E-state index in [-0.39, 0.29) is 12.5 Å². The van der Waals surface area contributed by atoms with Crippen LogP contribution < -0.4 is 4.74 Å². The topological polar surface area (TPSA) is 49.8 Å². The molecule has 1 saturated heterocycles. The van der Waals surface area contributed by atoms with Crippen molar-refractivity contribution in [2.75, 3.05) is 19.7 Å². The van der Waals surface area contributed by atoms with Crippen LogP contribution in [0.4, 0.5) is 4.39 Å². The lowest BCUT2D eigenvalue weighted by Gasteiger charge is -2.38. The van der Waals surface area contributed by atoms with E-state index < -0.39 is 11.4 Å². The van der Waals surface area contributed by atoms with E-state index in [9.17, 15) is 14.3 Å². The molecular weight excluding hydrogens is 309 g/mol. The third kappa shape index (κ3) is 3.92. The van der Waals surface area contributed by atoms with Gasteiger partial charge >= 0.3 is 0 Å². The minimum Gasteiger partial charge on any atom is -0.491 e. The van der Waals surface area contributed by atoms with E-state index in [0.29, 0.717) is 37.2 Å². The van der Waals surface area contributed by atoms with Crippen LogP contribution in [0.5, 0.6) is 5.75 Å². The fraction of sp³-hybridized carbons (Fsp3) is 0.316. The van der Waals surface area contributed by atoms with Crippen molar-refractivity contribution in [1.29, 1.82) is 0 Å². The van der Waals surface area contributed by atoms with Crippen LogP contribution in [0.3, 0.4) is 0 Å². The van der Waals surface area contributed by atoms with E-state index in [2.05, 4.69) is 0 Å². The molecule has 2 aromatic carbocycles. The molecule has 1 N–H and O–H groups in total. The normalized spacial score (nSPS) is 16.7. The number of hydrogen-bond acceptors (Lipinski definition) is 3. The number of piperidine rings is 1. The molecule has 1 aliphatic rings. The van der Waals surface area contributed by atoms with Crippen LogP contribution in [-0.4, -0.2) is 41.2 Å². The third-order valence-corrected chi connectivity index (χ3v) is 4.30. The van der Waals surface area contributed by atoms with Crippen molar-refractivity contribution in [2.24, 2.45) is 0 Å². The molecule has 1 amide bonds. The van der Waals surface area contributed by atoms with Crippen molar-refractivity contribution >= 4 is 5.91 Å². The highest BCUT2D eigenvalue weighted by Gasteiger charge is 2.35. The second-order valence-electron chi connectivity index (χ2n) is 6.13. The monoisotopic (exact) mass is 329 g/mol. The minimum atomic E-state index is -0.950. The van der Waals surface area contributed by atoms with Gasteiger partial charge in [0.25, 0.3) is 5.91 Å². The van der Waals surface area contributed by atoms with Gasteiger partial charge in [-0.1, -0.05) is 24.3 Å². The second kappa shape index (κ2) is 7.01. The summed E-state index contributed by atoms with van der Waals surface area (Å²) >= 11 is 0. The predicted octanol–water partition coefficient (Wildman–Crippen LogP) is 2.87. The summed E-state index contributed by atoms with van der Waals surface area (Å²) in [4.78, 5) is 14.0. The van der Waals surface area contributed by atoms with Gasteiger partial charge in [0, 0.05) is 18.7 Å². The number of amides is 1. The molecule has 1 heterocycles. The predicted molar refractivity (Wildman–Crippen MR) is 88.4 cm³/mol. The molecule has 0 radical (unpaired) electrons. The Morgan fingerprint density at radius 1 is 1.12 bits per heavy atom. The van der Waals surface area contributed by atoms with Crippen molar-refractivity contribution in [1.82, 2.24) is 4.90 Å². The van der Waals surface area contributed by atoms with Crippen LogP contribution >= 0.6 is 0 Å². The van der Waals surface area contributed by atoms with Crippen molar-refractivity contribution < 1.29 is 19.0 Å². The first-order chi connectivity index (χ1) is 11.6.